The van der Waals surface area contributed by atoms with Gasteiger partial charge >= 0.3 is 0 Å². The number of aryl methyl sites for hydroxylation is 2. The van der Waals surface area contributed by atoms with Crippen LogP contribution in [0.25, 0.3) is 84.2 Å². The van der Waals surface area contributed by atoms with Crippen LogP contribution in [0.5, 0.6) is 0 Å². The Hall–Kier alpha value is -6.93. The summed E-state index contributed by atoms with van der Waals surface area (Å²) < 4.78 is 2.30. The van der Waals surface area contributed by atoms with Gasteiger partial charge in [0.25, 0.3) is 0 Å². The van der Waals surface area contributed by atoms with Gasteiger partial charge in [0, 0.05) is 45.4 Å². The van der Waals surface area contributed by atoms with E-state index in [9.17, 15) is 0 Å². The summed E-state index contributed by atoms with van der Waals surface area (Å²) in [6, 6.07) is 45.5. The Morgan fingerprint density at radius 1 is 0.392 bits per heavy atom. The van der Waals surface area contributed by atoms with Gasteiger partial charge in [0.05, 0.1) is 16.7 Å². The highest BCUT2D eigenvalue weighted by Crippen LogP contribution is 2.39. The first-order valence-corrected chi connectivity index (χ1v) is 16.7. The Labute approximate surface area is 294 Å². The van der Waals surface area contributed by atoms with E-state index in [0.717, 1.165) is 60.9 Å². The summed E-state index contributed by atoms with van der Waals surface area (Å²) in [5.74, 6) is 3.79. The van der Waals surface area contributed by atoms with Gasteiger partial charge in [-0.05, 0) is 61.4 Å². The zero-order chi connectivity index (χ0) is 34.3. The van der Waals surface area contributed by atoms with Crippen LogP contribution in [0, 0.1) is 13.8 Å². The Balaban J connectivity index is 1.36. The third kappa shape index (κ3) is 5.58. The molecular formula is C43H30N8. The molecule has 0 radical (unpaired) electrons. The first-order valence-electron chi connectivity index (χ1n) is 16.7. The molecule has 8 heteroatoms. The fourth-order valence-electron chi connectivity index (χ4n) is 6.68. The Morgan fingerprint density at radius 2 is 0.961 bits per heavy atom. The van der Waals surface area contributed by atoms with Crippen LogP contribution in [-0.2, 0) is 0 Å². The van der Waals surface area contributed by atoms with Crippen molar-refractivity contribution >= 4 is 21.8 Å². The molecule has 9 aromatic rings. The number of aromatic nitrogens is 8. The summed E-state index contributed by atoms with van der Waals surface area (Å²) in [5.41, 5.74) is 8.68. The molecule has 0 saturated heterocycles. The fourth-order valence-corrected chi connectivity index (χ4v) is 6.68. The number of hydrogen-bond acceptors (Lipinski definition) is 7. The molecule has 0 amide bonds. The molecule has 0 aliphatic carbocycles. The van der Waals surface area contributed by atoms with E-state index in [-0.39, 0.29) is 0 Å². The average molecular weight is 659 g/mol. The molecule has 0 N–H and O–H groups in total. The third-order valence-corrected chi connectivity index (χ3v) is 8.98. The van der Waals surface area contributed by atoms with Crippen molar-refractivity contribution in [3.8, 4) is 62.4 Å². The first-order chi connectivity index (χ1) is 25.1. The molecule has 8 nitrogen and oxygen atoms in total. The Morgan fingerprint density at radius 3 is 1.65 bits per heavy atom. The van der Waals surface area contributed by atoms with Crippen molar-refractivity contribution in [1.82, 2.24) is 39.5 Å². The monoisotopic (exact) mass is 658 g/mol. The highest BCUT2D eigenvalue weighted by atomic mass is 15.1. The molecule has 51 heavy (non-hydrogen) atoms. The van der Waals surface area contributed by atoms with Crippen molar-refractivity contribution in [2.75, 3.05) is 0 Å². The molecule has 0 bridgehead atoms. The van der Waals surface area contributed by atoms with Crippen LogP contribution in [-0.4, -0.2) is 39.5 Å². The summed E-state index contributed by atoms with van der Waals surface area (Å²) >= 11 is 0. The number of hydrogen-bond donors (Lipinski definition) is 0. The fraction of sp³-hybridized carbons (Fsp3) is 0.0465. The number of nitrogens with zero attached hydrogens (tertiary/aromatic N) is 8. The molecule has 5 aromatic carbocycles. The third-order valence-electron chi connectivity index (χ3n) is 8.98. The molecular weight excluding hydrogens is 629 g/mol. The van der Waals surface area contributed by atoms with Gasteiger partial charge in [-0.1, -0.05) is 97.1 Å². The molecule has 0 unspecified atom stereocenters. The van der Waals surface area contributed by atoms with Crippen LogP contribution < -0.4 is 0 Å². The largest absolute Gasteiger partial charge is 0.308 e. The number of pyridine rings is 1. The Bertz CT molecular complexity index is 2630. The maximum Gasteiger partial charge on any atom is 0.166 e. The highest BCUT2D eigenvalue weighted by molar-refractivity contribution is 6.10. The quantitative estimate of drug-likeness (QED) is 0.176. The maximum atomic E-state index is 5.17. The SMILES string of the molecule is Cc1nc(C)nc(-c2ccc3c4ccccc4n(-c4ccc(-c5ccncc5)cc4-c4nc(-c5ccccc5)nc(-c5ccccc5)n4)c3c2)n1. The van der Waals surface area contributed by atoms with Gasteiger partial charge in [0.2, 0.25) is 0 Å². The summed E-state index contributed by atoms with van der Waals surface area (Å²) in [4.78, 5) is 33.4. The van der Waals surface area contributed by atoms with Gasteiger partial charge in [-0.3, -0.25) is 4.98 Å². The highest BCUT2D eigenvalue weighted by Gasteiger charge is 2.21. The minimum Gasteiger partial charge on any atom is -0.308 e. The normalized spacial score (nSPS) is 11.3. The standard InChI is InChI=1S/C43H30N8/c1-27-45-28(2)47-42(46-27)33-17-19-35-34-15-9-10-16-37(34)51(39(35)26-33)38-20-18-32(29-21-23-44-24-22-29)25-36(38)43-49-40(30-11-5-3-6-12-30)48-41(50-43)31-13-7-4-8-14-31/h3-26H,1-2H3. The molecule has 9 rings (SSSR count). The summed E-state index contributed by atoms with van der Waals surface area (Å²) in [5, 5.41) is 2.25. The first kappa shape index (κ1) is 30.2. The van der Waals surface area contributed by atoms with E-state index in [2.05, 4.69) is 75.2 Å². The van der Waals surface area contributed by atoms with E-state index >= 15 is 0 Å². The zero-order valence-corrected chi connectivity index (χ0v) is 27.9. The second-order valence-electron chi connectivity index (χ2n) is 12.3. The van der Waals surface area contributed by atoms with Gasteiger partial charge < -0.3 is 4.57 Å². The number of rotatable bonds is 6. The molecule has 0 aliphatic heterocycles. The van der Waals surface area contributed by atoms with E-state index in [0.29, 0.717) is 34.9 Å². The van der Waals surface area contributed by atoms with Crippen LogP contribution in [0.3, 0.4) is 0 Å². The average Bonchev–Trinajstić information content (AvgIpc) is 3.51. The van der Waals surface area contributed by atoms with Crippen molar-refractivity contribution in [2.45, 2.75) is 13.8 Å². The maximum absolute atomic E-state index is 5.17. The van der Waals surface area contributed by atoms with E-state index in [1.807, 2.05) is 99.0 Å². The minimum atomic E-state index is 0.569. The minimum absolute atomic E-state index is 0.569. The lowest BCUT2D eigenvalue weighted by atomic mass is 10.0. The second-order valence-corrected chi connectivity index (χ2v) is 12.3. The topological polar surface area (TPSA) is 95.2 Å². The van der Waals surface area contributed by atoms with Gasteiger partial charge in [-0.2, -0.15) is 0 Å². The van der Waals surface area contributed by atoms with Crippen molar-refractivity contribution in [1.29, 1.82) is 0 Å². The van der Waals surface area contributed by atoms with E-state index in [1.54, 1.807) is 0 Å². The van der Waals surface area contributed by atoms with Crippen LogP contribution >= 0.6 is 0 Å². The number of fused-ring (bicyclic) bond motifs is 3. The molecule has 242 valence electrons. The molecule has 0 aliphatic rings. The summed E-state index contributed by atoms with van der Waals surface area (Å²) in [6.07, 6.45) is 3.62. The van der Waals surface area contributed by atoms with Crippen molar-refractivity contribution in [3.05, 3.63) is 158 Å². The van der Waals surface area contributed by atoms with E-state index < -0.39 is 0 Å². The Kier molecular flexibility index (Phi) is 7.39. The van der Waals surface area contributed by atoms with Crippen molar-refractivity contribution in [3.63, 3.8) is 0 Å². The number of benzene rings is 5. The van der Waals surface area contributed by atoms with Crippen LogP contribution in [0.4, 0.5) is 0 Å². The predicted octanol–water partition coefficient (Wildman–Crippen LogP) is 9.50. The van der Waals surface area contributed by atoms with Gasteiger partial charge in [0.1, 0.15) is 11.6 Å². The molecule has 0 fully saturated rings. The second kappa shape index (κ2) is 12.5. The molecule has 0 atom stereocenters. The predicted molar refractivity (Wildman–Crippen MR) is 202 cm³/mol. The molecule has 4 heterocycles. The van der Waals surface area contributed by atoms with Gasteiger partial charge in [-0.25, -0.2) is 29.9 Å². The van der Waals surface area contributed by atoms with Crippen molar-refractivity contribution < 1.29 is 0 Å². The number of para-hydroxylation sites is 1. The van der Waals surface area contributed by atoms with E-state index in [4.69, 9.17) is 24.9 Å². The van der Waals surface area contributed by atoms with E-state index in [1.165, 1.54) is 0 Å². The lowest BCUT2D eigenvalue weighted by Crippen LogP contribution is -2.04. The molecule has 4 aromatic heterocycles. The van der Waals surface area contributed by atoms with Crippen molar-refractivity contribution in [2.24, 2.45) is 0 Å². The van der Waals surface area contributed by atoms with Crippen LogP contribution in [0.15, 0.2) is 146 Å². The molecule has 0 saturated carbocycles. The molecule has 0 spiro atoms. The van der Waals surface area contributed by atoms with Gasteiger partial charge in [0.15, 0.2) is 23.3 Å². The van der Waals surface area contributed by atoms with Gasteiger partial charge in [-0.15, -0.1) is 0 Å². The van der Waals surface area contributed by atoms with Crippen LogP contribution in [0.1, 0.15) is 11.6 Å². The zero-order valence-electron chi connectivity index (χ0n) is 27.9. The summed E-state index contributed by atoms with van der Waals surface area (Å²) in [6.45, 7) is 3.79. The van der Waals surface area contributed by atoms with Crippen LogP contribution in [0.2, 0.25) is 0 Å². The lowest BCUT2D eigenvalue weighted by Gasteiger charge is -2.16. The summed E-state index contributed by atoms with van der Waals surface area (Å²) in [7, 11) is 0. The lowest BCUT2D eigenvalue weighted by molar-refractivity contribution is 0.928. The smallest absolute Gasteiger partial charge is 0.166 e.